The van der Waals surface area contributed by atoms with E-state index < -0.39 is 0 Å². The number of rotatable bonds is 2. The Kier molecular flexibility index (Phi) is 8.17. The van der Waals surface area contributed by atoms with Crippen LogP contribution in [0.15, 0.2) is 0 Å². The van der Waals surface area contributed by atoms with Crippen LogP contribution in [0.2, 0.25) is 0 Å². The Hall–Kier alpha value is 0.600. The maximum atomic E-state index is 10.0. The molecule has 0 aromatic rings. The van der Waals surface area contributed by atoms with Gasteiger partial charge in [0.05, 0.1) is 6.42 Å². The third-order valence-electron chi connectivity index (χ3n) is 0.498. The summed E-state index contributed by atoms with van der Waals surface area (Å²) in [7, 11) is 0. The van der Waals surface area contributed by atoms with E-state index in [4.69, 9.17) is 0 Å². The van der Waals surface area contributed by atoms with E-state index in [1.54, 1.807) is 0 Å². The quantitative estimate of drug-likeness (QED) is 0.540. The molecule has 0 bridgehead atoms. The Bertz CT molecular complexity index is 86.6. The van der Waals surface area contributed by atoms with Crippen LogP contribution in [-0.2, 0) is 9.59 Å². The van der Waals surface area contributed by atoms with Crippen LogP contribution in [0.3, 0.4) is 0 Å². The van der Waals surface area contributed by atoms with Crippen LogP contribution in [0.25, 0.3) is 0 Å². The molecule has 0 N–H and O–H groups in total. The maximum Gasteiger partial charge on any atom is 0.137 e. The molecule has 0 heterocycles. The molecule has 0 aliphatic rings. The first-order valence-electron chi connectivity index (χ1n) is 2.12. The van der Waals surface area contributed by atoms with E-state index in [-0.39, 0.29) is 55.7 Å². The first-order chi connectivity index (χ1) is 3.13. The van der Waals surface area contributed by atoms with Crippen molar-refractivity contribution in [2.75, 3.05) is 0 Å². The van der Waals surface area contributed by atoms with Crippen LogP contribution in [0.5, 0.6) is 0 Å². The molecule has 0 rings (SSSR count). The van der Waals surface area contributed by atoms with Crippen molar-refractivity contribution >= 4 is 11.6 Å². The Balaban J connectivity index is 0. The van der Waals surface area contributed by atoms with E-state index in [2.05, 4.69) is 0 Å². The van der Waals surface area contributed by atoms with Gasteiger partial charge in [0.25, 0.3) is 0 Å². The van der Waals surface area contributed by atoms with Gasteiger partial charge < -0.3 is 0 Å². The number of carbonyl (C=O) groups is 2. The van der Waals surface area contributed by atoms with Gasteiger partial charge >= 0.3 is 0 Å². The molecule has 0 aliphatic carbocycles. The van der Waals surface area contributed by atoms with Crippen LogP contribution in [0.4, 0.5) is 0 Å². The molecule has 2 nitrogen and oxygen atoms in total. The molecule has 0 saturated carbocycles. The summed E-state index contributed by atoms with van der Waals surface area (Å²) in [5.41, 5.74) is 0. The van der Waals surface area contributed by atoms with Gasteiger partial charge in [-0.25, -0.2) is 0 Å². The Morgan fingerprint density at radius 3 is 1.38 bits per heavy atom. The zero-order valence-corrected chi connectivity index (χ0v) is 6.76. The SMILES string of the molecule is CC(=O)CC(C)=O.[Ho]. The van der Waals surface area contributed by atoms with Crippen molar-refractivity contribution in [2.45, 2.75) is 20.3 Å². The normalized spacial score (nSPS) is 7.25. The van der Waals surface area contributed by atoms with Gasteiger partial charge in [0.2, 0.25) is 0 Å². The maximum absolute atomic E-state index is 10.0. The molecule has 0 aromatic heterocycles. The second kappa shape index (κ2) is 5.73. The van der Waals surface area contributed by atoms with Crippen LogP contribution in [0, 0.1) is 37.7 Å². The topological polar surface area (TPSA) is 34.1 Å². The van der Waals surface area contributed by atoms with Crippen molar-refractivity contribution < 1.29 is 47.3 Å². The molecule has 0 aliphatic heterocycles. The second-order valence-corrected chi connectivity index (χ2v) is 1.58. The molecule has 3 heteroatoms. The molecule has 0 unspecified atom stereocenters. The zero-order valence-electron chi connectivity index (χ0n) is 4.83. The standard InChI is InChI=1S/C5H8O2.Ho/c1-4(6)3-5(2)7;/h3H2,1-2H3;. The van der Waals surface area contributed by atoms with Gasteiger partial charge in [-0.1, -0.05) is 0 Å². The summed E-state index contributed by atoms with van der Waals surface area (Å²) < 4.78 is 0. The zero-order chi connectivity index (χ0) is 5.86. The van der Waals surface area contributed by atoms with Crippen molar-refractivity contribution in [2.24, 2.45) is 0 Å². The van der Waals surface area contributed by atoms with Gasteiger partial charge in [0, 0.05) is 37.7 Å². The fourth-order valence-electron chi connectivity index (χ4n) is 0.351. The molecule has 51 valence electrons. The molecule has 0 fully saturated rings. The Morgan fingerprint density at radius 2 is 1.38 bits per heavy atom. The smallest absolute Gasteiger partial charge is 0.137 e. The molecule has 1 radical (unpaired) electrons. The first kappa shape index (κ1) is 11.4. The van der Waals surface area contributed by atoms with E-state index in [9.17, 15) is 9.59 Å². The van der Waals surface area contributed by atoms with Gasteiger partial charge in [-0.05, 0) is 13.8 Å². The van der Waals surface area contributed by atoms with E-state index >= 15 is 0 Å². The van der Waals surface area contributed by atoms with E-state index in [1.807, 2.05) is 0 Å². The summed E-state index contributed by atoms with van der Waals surface area (Å²) in [4.78, 5) is 20.1. The molecule has 0 aromatic carbocycles. The second-order valence-electron chi connectivity index (χ2n) is 1.58. The number of Topliss-reactive ketones (excluding diaryl/α,β-unsaturated/α-hetero) is 2. The van der Waals surface area contributed by atoms with Crippen molar-refractivity contribution in [1.82, 2.24) is 0 Å². The predicted octanol–water partition coefficient (Wildman–Crippen LogP) is 0.554. The average Bonchev–Trinajstić information content (AvgIpc) is 1.27. The minimum absolute atomic E-state index is 0. The molecule has 0 spiro atoms. The average molecular weight is 265 g/mol. The van der Waals surface area contributed by atoms with E-state index in [0.717, 1.165) is 0 Å². The van der Waals surface area contributed by atoms with Crippen LogP contribution < -0.4 is 0 Å². The largest absolute Gasteiger partial charge is 0.300 e. The fraction of sp³-hybridized carbons (Fsp3) is 0.600. The summed E-state index contributed by atoms with van der Waals surface area (Å²) >= 11 is 0. The minimum Gasteiger partial charge on any atom is -0.300 e. The van der Waals surface area contributed by atoms with Gasteiger partial charge in [-0.2, -0.15) is 0 Å². The summed E-state index contributed by atoms with van der Waals surface area (Å²) in [6, 6.07) is 0. The van der Waals surface area contributed by atoms with Crippen LogP contribution >= 0.6 is 0 Å². The van der Waals surface area contributed by atoms with E-state index in [0.29, 0.717) is 0 Å². The summed E-state index contributed by atoms with van der Waals surface area (Å²) in [6.45, 7) is 2.81. The number of hydrogen-bond donors (Lipinski definition) is 0. The van der Waals surface area contributed by atoms with Crippen molar-refractivity contribution in [3.63, 3.8) is 0 Å². The molecular weight excluding hydrogens is 257 g/mol. The van der Waals surface area contributed by atoms with Crippen molar-refractivity contribution in [3.8, 4) is 0 Å². The fourth-order valence-corrected chi connectivity index (χ4v) is 0.351. The Morgan fingerprint density at radius 1 is 1.12 bits per heavy atom. The molecule has 8 heavy (non-hydrogen) atoms. The Labute approximate surface area is 78.6 Å². The number of ketones is 2. The predicted molar refractivity (Wildman–Crippen MR) is 26.0 cm³/mol. The van der Waals surface area contributed by atoms with Gasteiger partial charge in [0.1, 0.15) is 11.6 Å². The van der Waals surface area contributed by atoms with E-state index in [1.165, 1.54) is 13.8 Å². The first-order valence-corrected chi connectivity index (χ1v) is 2.12. The monoisotopic (exact) mass is 265 g/mol. The minimum atomic E-state index is -0.0625. The number of carbonyl (C=O) groups excluding carboxylic acids is 2. The molecule has 0 amide bonds. The molecular formula is C5H8HoO2. The van der Waals surface area contributed by atoms with Crippen LogP contribution in [0.1, 0.15) is 20.3 Å². The van der Waals surface area contributed by atoms with Gasteiger partial charge in [0.15, 0.2) is 0 Å². The van der Waals surface area contributed by atoms with Crippen molar-refractivity contribution in [1.29, 1.82) is 0 Å². The third-order valence-corrected chi connectivity index (χ3v) is 0.498. The third kappa shape index (κ3) is 9.78. The van der Waals surface area contributed by atoms with Crippen LogP contribution in [-0.4, -0.2) is 11.6 Å². The summed E-state index contributed by atoms with van der Waals surface area (Å²) in [5, 5.41) is 0. The van der Waals surface area contributed by atoms with Crippen molar-refractivity contribution in [3.05, 3.63) is 0 Å². The summed E-state index contributed by atoms with van der Waals surface area (Å²) in [5.74, 6) is -0.125. The van der Waals surface area contributed by atoms with Gasteiger partial charge in [-0.15, -0.1) is 0 Å². The summed E-state index contributed by atoms with van der Waals surface area (Å²) in [6.07, 6.45) is 0.0833. The molecule has 0 saturated heterocycles. The molecule has 0 atom stereocenters. The van der Waals surface area contributed by atoms with Gasteiger partial charge in [-0.3, -0.25) is 9.59 Å². The number of hydrogen-bond acceptors (Lipinski definition) is 2.